The third kappa shape index (κ3) is 5.54. The highest BCUT2D eigenvalue weighted by atomic mass is 32.1. The molecule has 1 saturated heterocycles. The summed E-state index contributed by atoms with van der Waals surface area (Å²) in [6.45, 7) is 3.37. The van der Waals surface area contributed by atoms with E-state index in [2.05, 4.69) is 5.32 Å². The molecule has 0 radical (unpaired) electrons. The SMILES string of the molecule is COCCNC(=O)[C@@H](C)OC(=O)C1CCN(C(=O)c2cccs2)CC1. The zero-order valence-corrected chi connectivity index (χ0v) is 15.3. The average molecular weight is 368 g/mol. The highest BCUT2D eigenvalue weighted by Gasteiger charge is 2.30. The number of nitrogens with zero attached hydrogens (tertiary/aromatic N) is 1. The maximum absolute atomic E-state index is 12.3. The van der Waals surface area contributed by atoms with Crippen LogP contribution < -0.4 is 5.32 Å². The maximum atomic E-state index is 12.3. The summed E-state index contributed by atoms with van der Waals surface area (Å²) < 4.78 is 10.1. The summed E-state index contributed by atoms with van der Waals surface area (Å²) in [4.78, 5) is 38.8. The normalized spacial score (nSPS) is 16.3. The topological polar surface area (TPSA) is 84.9 Å². The van der Waals surface area contributed by atoms with E-state index in [0.717, 1.165) is 0 Å². The molecule has 0 aromatic carbocycles. The molecule has 8 heteroatoms. The van der Waals surface area contributed by atoms with Crippen molar-refractivity contribution < 1.29 is 23.9 Å². The van der Waals surface area contributed by atoms with Gasteiger partial charge in [-0.2, -0.15) is 0 Å². The number of amides is 2. The first-order valence-electron chi connectivity index (χ1n) is 8.33. The van der Waals surface area contributed by atoms with Gasteiger partial charge in [0.15, 0.2) is 6.10 Å². The third-order valence-corrected chi connectivity index (χ3v) is 4.97. The van der Waals surface area contributed by atoms with Crippen molar-refractivity contribution in [3.63, 3.8) is 0 Å². The zero-order chi connectivity index (χ0) is 18.2. The first-order valence-corrected chi connectivity index (χ1v) is 9.20. The maximum Gasteiger partial charge on any atom is 0.309 e. The molecular formula is C17H24N2O5S. The Morgan fingerprint density at radius 1 is 1.36 bits per heavy atom. The van der Waals surface area contributed by atoms with Crippen LogP contribution in [0.25, 0.3) is 0 Å². The first kappa shape index (κ1) is 19.4. The number of esters is 1. The molecule has 138 valence electrons. The molecule has 1 aliphatic rings. The number of rotatable bonds is 7. The van der Waals surface area contributed by atoms with Crippen LogP contribution in [0.3, 0.4) is 0 Å². The molecule has 0 bridgehead atoms. The lowest BCUT2D eigenvalue weighted by molar-refractivity contribution is -0.160. The van der Waals surface area contributed by atoms with Crippen LogP contribution >= 0.6 is 11.3 Å². The van der Waals surface area contributed by atoms with Crippen LogP contribution in [0, 0.1) is 5.92 Å². The van der Waals surface area contributed by atoms with Gasteiger partial charge >= 0.3 is 5.97 Å². The number of methoxy groups -OCH3 is 1. The van der Waals surface area contributed by atoms with E-state index in [1.165, 1.54) is 11.3 Å². The predicted molar refractivity (Wildman–Crippen MR) is 93.4 cm³/mol. The van der Waals surface area contributed by atoms with Crippen molar-refractivity contribution in [2.45, 2.75) is 25.9 Å². The van der Waals surface area contributed by atoms with Crippen molar-refractivity contribution in [1.29, 1.82) is 0 Å². The number of piperidine rings is 1. The first-order chi connectivity index (χ1) is 12.0. The largest absolute Gasteiger partial charge is 0.452 e. The molecule has 2 amide bonds. The number of hydrogen-bond donors (Lipinski definition) is 1. The van der Waals surface area contributed by atoms with Crippen molar-refractivity contribution >= 4 is 29.1 Å². The smallest absolute Gasteiger partial charge is 0.309 e. The lowest BCUT2D eigenvalue weighted by atomic mass is 9.97. The minimum atomic E-state index is -0.838. The van der Waals surface area contributed by atoms with Gasteiger partial charge in [0.1, 0.15) is 0 Å². The number of hydrogen-bond acceptors (Lipinski definition) is 6. The standard InChI is InChI=1S/C17H24N2O5S/c1-12(15(20)18-7-10-23-2)24-17(22)13-5-8-19(9-6-13)16(21)14-4-3-11-25-14/h3-4,11-13H,5-10H2,1-2H3,(H,18,20)/t12-/m1/s1. The van der Waals surface area contributed by atoms with Crippen molar-refractivity contribution in [2.24, 2.45) is 5.92 Å². The Morgan fingerprint density at radius 2 is 2.08 bits per heavy atom. The van der Waals surface area contributed by atoms with Gasteiger partial charge in [0, 0.05) is 26.7 Å². The van der Waals surface area contributed by atoms with Gasteiger partial charge in [0.05, 0.1) is 17.4 Å². The fraction of sp³-hybridized carbons (Fsp3) is 0.588. The monoisotopic (exact) mass is 368 g/mol. The second-order valence-corrected chi connectivity index (χ2v) is 6.85. The molecule has 0 aliphatic carbocycles. The molecule has 0 unspecified atom stereocenters. The summed E-state index contributed by atoms with van der Waals surface area (Å²) in [7, 11) is 1.55. The summed E-state index contributed by atoms with van der Waals surface area (Å²) in [5, 5.41) is 4.51. The Morgan fingerprint density at radius 3 is 2.68 bits per heavy atom. The van der Waals surface area contributed by atoms with Gasteiger partial charge in [-0.05, 0) is 31.2 Å². The van der Waals surface area contributed by atoms with E-state index < -0.39 is 6.10 Å². The summed E-state index contributed by atoms with van der Waals surface area (Å²) in [5.41, 5.74) is 0. The second kappa shape index (κ2) is 9.53. The van der Waals surface area contributed by atoms with E-state index in [9.17, 15) is 14.4 Å². The van der Waals surface area contributed by atoms with E-state index in [1.54, 1.807) is 25.0 Å². The molecular weight excluding hydrogens is 344 g/mol. The highest BCUT2D eigenvalue weighted by Crippen LogP contribution is 2.22. The second-order valence-electron chi connectivity index (χ2n) is 5.91. The highest BCUT2D eigenvalue weighted by molar-refractivity contribution is 7.12. The molecule has 0 spiro atoms. The minimum Gasteiger partial charge on any atom is -0.452 e. The van der Waals surface area contributed by atoms with Crippen LogP contribution in [0.2, 0.25) is 0 Å². The van der Waals surface area contributed by atoms with Gasteiger partial charge in [0.2, 0.25) is 0 Å². The lowest BCUT2D eigenvalue weighted by Crippen LogP contribution is -2.42. The lowest BCUT2D eigenvalue weighted by Gasteiger charge is -2.31. The number of carbonyl (C=O) groups is 3. The Balaban J connectivity index is 1.75. The zero-order valence-electron chi connectivity index (χ0n) is 14.5. The van der Waals surface area contributed by atoms with Gasteiger partial charge in [-0.3, -0.25) is 14.4 Å². The van der Waals surface area contributed by atoms with Gasteiger partial charge in [-0.1, -0.05) is 6.07 Å². The molecule has 2 heterocycles. The molecule has 1 aromatic heterocycles. The van der Waals surface area contributed by atoms with Crippen LogP contribution in [0.5, 0.6) is 0 Å². The van der Waals surface area contributed by atoms with E-state index >= 15 is 0 Å². The summed E-state index contributed by atoms with van der Waals surface area (Å²) in [6, 6.07) is 3.65. The number of carbonyl (C=O) groups excluding carboxylic acids is 3. The Bertz CT molecular complexity index is 582. The van der Waals surface area contributed by atoms with E-state index in [-0.39, 0.29) is 23.7 Å². The Labute approximate surface area is 151 Å². The van der Waals surface area contributed by atoms with E-state index in [4.69, 9.17) is 9.47 Å². The Hall–Kier alpha value is -1.93. The predicted octanol–water partition coefficient (Wildman–Crippen LogP) is 1.29. The van der Waals surface area contributed by atoms with Gasteiger partial charge in [-0.25, -0.2) is 0 Å². The Kier molecular flexibility index (Phi) is 7.39. The molecule has 0 saturated carbocycles. The van der Waals surface area contributed by atoms with Gasteiger partial charge in [-0.15, -0.1) is 11.3 Å². The summed E-state index contributed by atoms with van der Waals surface area (Å²) in [6.07, 6.45) is 0.261. The van der Waals surface area contributed by atoms with Crippen LogP contribution in [0.4, 0.5) is 0 Å². The number of thiophene rings is 1. The van der Waals surface area contributed by atoms with E-state index in [0.29, 0.717) is 44.0 Å². The van der Waals surface area contributed by atoms with E-state index in [1.807, 2.05) is 11.4 Å². The third-order valence-electron chi connectivity index (χ3n) is 4.12. The van der Waals surface area contributed by atoms with Gasteiger partial charge < -0.3 is 19.7 Å². The summed E-state index contributed by atoms with van der Waals surface area (Å²) in [5.74, 6) is -0.984. The number of likely N-dealkylation sites (tertiary alicyclic amines) is 1. The number of ether oxygens (including phenoxy) is 2. The molecule has 1 aliphatic heterocycles. The van der Waals surface area contributed by atoms with Crippen LogP contribution in [0.15, 0.2) is 17.5 Å². The molecule has 1 atom stereocenters. The minimum absolute atomic E-state index is 0.00714. The quantitative estimate of drug-likeness (QED) is 0.579. The van der Waals surface area contributed by atoms with Crippen LogP contribution in [-0.2, 0) is 19.1 Å². The van der Waals surface area contributed by atoms with Gasteiger partial charge in [0.25, 0.3) is 11.8 Å². The molecule has 25 heavy (non-hydrogen) atoms. The average Bonchev–Trinajstić information content (AvgIpc) is 3.16. The van der Waals surface area contributed by atoms with Crippen molar-refractivity contribution in [1.82, 2.24) is 10.2 Å². The van der Waals surface area contributed by atoms with Crippen molar-refractivity contribution in [3.05, 3.63) is 22.4 Å². The molecule has 2 rings (SSSR count). The molecule has 1 fully saturated rings. The van der Waals surface area contributed by atoms with Crippen molar-refractivity contribution in [2.75, 3.05) is 33.4 Å². The van der Waals surface area contributed by atoms with Crippen LogP contribution in [0.1, 0.15) is 29.4 Å². The van der Waals surface area contributed by atoms with Crippen LogP contribution in [-0.4, -0.2) is 62.1 Å². The fourth-order valence-electron chi connectivity index (χ4n) is 2.62. The summed E-state index contributed by atoms with van der Waals surface area (Å²) >= 11 is 1.42. The fourth-order valence-corrected chi connectivity index (χ4v) is 3.31. The number of nitrogens with one attached hydrogen (secondary N) is 1. The molecule has 7 nitrogen and oxygen atoms in total. The van der Waals surface area contributed by atoms with Crippen molar-refractivity contribution in [3.8, 4) is 0 Å². The molecule has 1 aromatic rings. The molecule has 1 N–H and O–H groups in total.